The zero-order valence-corrected chi connectivity index (χ0v) is 14.8. The van der Waals surface area contributed by atoms with Crippen LogP contribution >= 0.6 is 27.3 Å². The lowest BCUT2D eigenvalue weighted by Gasteiger charge is -2.23. The van der Waals surface area contributed by atoms with Crippen molar-refractivity contribution in [1.82, 2.24) is 5.32 Å². The molecule has 0 bridgehead atoms. The predicted molar refractivity (Wildman–Crippen MR) is 92.5 cm³/mol. The van der Waals surface area contributed by atoms with Crippen LogP contribution in [0.3, 0.4) is 0 Å². The fraction of sp³-hybridized carbons (Fsp3) is 0.412. The Labute approximate surface area is 138 Å². The van der Waals surface area contributed by atoms with Crippen LogP contribution < -0.4 is 10.1 Å². The lowest BCUT2D eigenvalue weighted by atomic mass is 9.92. The van der Waals surface area contributed by atoms with Gasteiger partial charge in [0.05, 0.1) is 16.4 Å². The van der Waals surface area contributed by atoms with Gasteiger partial charge < -0.3 is 10.1 Å². The third kappa shape index (κ3) is 3.03. The summed E-state index contributed by atoms with van der Waals surface area (Å²) in [6.07, 6.45) is 1.14. The lowest BCUT2D eigenvalue weighted by Crippen LogP contribution is -2.28. The molecule has 0 spiro atoms. The van der Waals surface area contributed by atoms with E-state index < -0.39 is 0 Å². The van der Waals surface area contributed by atoms with Crippen molar-refractivity contribution in [2.24, 2.45) is 0 Å². The van der Waals surface area contributed by atoms with E-state index in [1.165, 1.54) is 19.8 Å². The smallest absolute Gasteiger partial charge is 0.122 e. The van der Waals surface area contributed by atoms with Crippen molar-refractivity contribution in [3.05, 3.63) is 50.1 Å². The van der Waals surface area contributed by atoms with Gasteiger partial charge in [0, 0.05) is 16.4 Å². The minimum absolute atomic E-state index is 0.323. The molecule has 2 unspecified atom stereocenters. The van der Waals surface area contributed by atoms with Crippen LogP contribution in [-0.4, -0.2) is 13.2 Å². The van der Waals surface area contributed by atoms with E-state index in [1.54, 1.807) is 0 Å². The topological polar surface area (TPSA) is 21.3 Å². The van der Waals surface area contributed by atoms with Gasteiger partial charge in [-0.2, -0.15) is 0 Å². The number of rotatable bonds is 5. The first-order valence-electron chi connectivity index (χ1n) is 7.41. The molecule has 1 aromatic carbocycles. The van der Waals surface area contributed by atoms with Gasteiger partial charge in [-0.05, 0) is 53.5 Å². The number of hydrogen-bond acceptors (Lipinski definition) is 3. The van der Waals surface area contributed by atoms with Crippen molar-refractivity contribution in [3.8, 4) is 5.75 Å². The molecule has 3 rings (SSSR count). The maximum atomic E-state index is 5.88. The van der Waals surface area contributed by atoms with Crippen molar-refractivity contribution < 1.29 is 4.74 Å². The molecule has 0 radical (unpaired) electrons. The molecule has 0 aliphatic carbocycles. The number of para-hydroxylation sites is 1. The Hall–Kier alpha value is -0.840. The Balaban J connectivity index is 1.93. The Morgan fingerprint density at radius 1 is 1.43 bits per heavy atom. The highest BCUT2D eigenvalue weighted by molar-refractivity contribution is 9.11. The van der Waals surface area contributed by atoms with Crippen LogP contribution in [0.4, 0.5) is 0 Å². The Bertz CT molecular complexity index is 606. The highest BCUT2D eigenvalue weighted by Gasteiger charge is 2.32. The van der Waals surface area contributed by atoms with Gasteiger partial charge in [0.2, 0.25) is 0 Å². The van der Waals surface area contributed by atoms with Gasteiger partial charge in [-0.15, -0.1) is 11.3 Å². The summed E-state index contributed by atoms with van der Waals surface area (Å²) in [5.41, 5.74) is 2.64. The van der Waals surface area contributed by atoms with Crippen LogP contribution in [0.1, 0.15) is 41.3 Å². The summed E-state index contributed by atoms with van der Waals surface area (Å²) in [5.74, 6) is 1.43. The predicted octanol–water partition coefficient (Wildman–Crippen LogP) is 5.04. The number of benzene rings is 1. The molecule has 0 fully saturated rings. The number of thiophene rings is 1. The molecule has 1 aromatic heterocycles. The zero-order chi connectivity index (χ0) is 14.8. The molecule has 0 saturated heterocycles. The van der Waals surface area contributed by atoms with E-state index in [-0.39, 0.29) is 0 Å². The van der Waals surface area contributed by atoms with E-state index in [0.717, 1.165) is 25.3 Å². The van der Waals surface area contributed by atoms with E-state index in [1.807, 2.05) is 17.4 Å². The quantitative estimate of drug-likeness (QED) is 0.801. The highest BCUT2D eigenvalue weighted by atomic mass is 79.9. The van der Waals surface area contributed by atoms with E-state index in [0.29, 0.717) is 12.0 Å². The SMILES string of the molecule is CCCNC(c1cc(C)c(Br)s1)C1COc2ccccc21. The second-order valence-electron chi connectivity index (χ2n) is 5.49. The Kier molecular flexibility index (Phi) is 4.67. The summed E-state index contributed by atoms with van der Waals surface area (Å²) in [7, 11) is 0. The van der Waals surface area contributed by atoms with Crippen molar-refractivity contribution in [1.29, 1.82) is 0 Å². The molecule has 2 atom stereocenters. The normalized spacial score (nSPS) is 18.3. The zero-order valence-electron chi connectivity index (χ0n) is 12.4. The molecule has 1 aliphatic rings. The maximum absolute atomic E-state index is 5.88. The van der Waals surface area contributed by atoms with Gasteiger partial charge in [0.25, 0.3) is 0 Å². The van der Waals surface area contributed by atoms with Gasteiger partial charge >= 0.3 is 0 Å². The first kappa shape index (κ1) is 15.1. The second kappa shape index (κ2) is 6.51. The molecular weight excluding hydrogens is 346 g/mol. The number of nitrogens with one attached hydrogen (secondary N) is 1. The van der Waals surface area contributed by atoms with E-state index in [4.69, 9.17) is 4.74 Å². The van der Waals surface area contributed by atoms with Gasteiger partial charge in [-0.3, -0.25) is 0 Å². The van der Waals surface area contributed by atoms with Gasteiger partial charge in [0.1, 0.15) is 5.75 Å². The molecule has 0 saturated carbocycles. The lowest BCUT2D eigenvalue weighted by molar-refractivity contribution is 0.301. The van der Waals surface area contributed by atoms with Gasteiger partial charge in [0.15, 0.2) is 0 Å². The summed E-state index contributed by atoms with van der Waals surface area (Å²) >= 11 is 5.49. The molecule has 1 N–H and O–H groups in total. The molecule has 4 heteroatoms. The number of hydrogen-bond donors (Lipinski definition) is 1. The summed E-state index contributed by atoms with van der Waals surface area (Å²) < 4.78 is 7.11. The number of aryl methyl sites for hydroxylation is 1. The van der Waals surface area contributed by atoms with E-state index in [2.05, 4.69) is 59.4 Å². The maximum Gasteiger partial charge on any atom is 0.122 e. The van der Waals surface area contributed by atoms with Gasteiger partial charge in [-0.1, -0.05) is 25.1 Å². The number of halogens is 1. The summed E-state index contributed by atoms with van der Waals surface area (Å²) in [5, 5.41) is 3.72. The monoisotopic (exact) mass is 365 g/mol. The van der Waals surface area contributed by atoms with Crippen LogP contribution in [0.2, 0.25) is 0 Å². The Morgan fingerprint density at radius 3 is 2.95 bits per heavy atom. The molecule has 2 heterocycles. The van der Waals surface area contributed by atoms with Crippen LogP contribution in [0, 0.1) is 6.92 Å². The molecular formula is C17H20BrNOS. The largest absolute Gasteiger partial charge is 0.493 e. The molecule has 1 aliphatic heterocycles. The molecule has 2 aromatic rings. The van der Waals surface area contributed by atoms with Crippen molar-refractivity contribution in [2.45, 2.75) is 32.2 Å². The minimum atomic E-state index is 0.323. The average molecular weight is 366 g/mol. The number of fused-ring (bicyclic) bond motifs is 1. The van der Waals surface area contributed by atoms with Crippen LogP contribution in [0.15, 0.2) is 34.1 Å². The van der Waals surface area contributed by atoms with Crippen molar-refractivity contribution >= 4 is 27.3 Å². The van der Waals surface area contributed by atoms with Crippen LogP contribution in [0.5, 0.6) is 5.75 Å². The van der Waals surface area contributed by atoms with Crippen LogP contribution in [-0.2, 0) is 0 Å². The average Bonchev–Trinajstić information content (AvgIpc) is 3.05. The fourth-order valence-corrected chi connectivity index (χ4v) is 4.55. The van der Waals surface area contributed by atoms with Crippen molar-refractivity contribution in [2.75, 3.05) is 13.2 Å². The Morgan fingerprint density at radius 2 is 2.24 bits per heavy atom. The molecule has 112 valence electrons. The van der Waals surface area contributed by atoms with Crippen LogP contribution in [0.25, 0.3) is 0 Å². The third-order valence-electron chi connectivity index (χ3n) is 3.94. The summed E-state index contributed by atoms with van der Waals surface area (Å²) in [6, 6.07) is 11.0. The second-order valence-corrected chi connectivity index (χ2v) is 7.89. The molecule has 0 amide bonds. The standard InChI is InChI=1S/C17H20BrNOS/c1-3-8-19-16(15-9-11(2)17(18)21-15)13-10-20-14-7-5-4-6-12(13)14/h4-7,9,13,16,19H,3,8,10H2,1-2H3. The van der Waals surface area contributed by atoms with E-state index >= 15 is 0 Å². The summed E-state index contributed by atoms with van der Waals surface area (Å²) in [6.45, 7) is 6.14. The summed E-state index contributed by atoms with van der Waals surface area (Å²) in [4.78, 5) is 1.39. The molecule has 21 heavy (non-hydrogen) atoms. The first-order chi connectivity index (χ1) is 10.2. The third-order valence-corrected chi connectivity index (χ3v) is 6.16. The van der Waals surface area contributed by atoms with Gasteiger partial charge in [-0.25, -0.2) is 0 Å². The van der Waals surface area contributed by atoms with Crippen molar-refractivity contribution in [3.63, 3.8) is 0 Å². The highest BCUT2D eigenvalue weighted by Crippen LogP contribution is 2.44. The first-order valence-corrected chi connectivity index (χ1v) is 9.02. The fourth-order valence-electron chi connectivity index (χ4n) is 2.84. The minimum Gasteiger partial charge on any atom is -0.493 e. The number of ether oxygens (including phenoxy) is 1. The molecule has 2 nitrogen and oxygen atoms in total. The van der Waals surface area contributed by atoms with E-state index in [9.17, 15) is 0 Å².